The Hall–Kier alpha value is -1.10. The Morgan fingerprint density at radius 1 is 1.00 bits per heavy atom. The van der Waals surface area contributed by atoms with Crippen molar-refractivity contribution in [3.63, 3.8) is 0 Å². The Morgan fingerprint density at radius 3 is 2.21 bits per heavy atom. The Balaban J connectivity index is 2.33. The van der Waals surface area contributed by atoms with Crippen LogP contribution in [-0.2, 0) is 15.6 Å². The summed E-state index contributed by atoms with van der Waals surface area (Å²) in [6.07, 6.45) is 0. The molecule has 0 saturated carbocycles. The van der Waals surface area contributed by atoms with Crippen molar-refractivity contribution in [2.24, 2.45) is 0 Å². The van der Waals surface area contributed by atoms with Crippen molar-refractivity contribution in [3.8, 4) is 0 Å². The topological polar surface area (TPSA) is 34.1 Å². The second-order valence-electron chi connectivity index (χ2n) is 3.95. The van der Waals surface area contributed by atoms with Crippen LogP contribution in [0.4, 0.5) is 4.39 Å². The molecule has 0 spiro atoms. The molecular weight excluding hydrogens is 310 g/mol. The highest BCUT2D eigenvalue weighted by Gasteiger charge is 2.17. The molecule has 0 fully saturated rings. The van der Waals surface area contributed by atoms with Gasteiger partial charge in [0.1, 0.15) is 5.82 Å². The summed E-state index contributed by atoms with van der Waals surface area (Å²) < 4.78 is 37.2. The molecule has 0 N–H and O–H groups in total. The third-order valence-electron chi connectivity index (χ3n) is 2.53. The van der Waals surface area contributed by atoms with Crippen molar-refractivity contribution < 1.29 is 12.8 Å². The van der Waals surface area contributed by atoms with Crippen LogP contribution in [0.5, 0.6) is 0 Å². The van der Waals surface area contributed by atoms with Crippen LogP contribution >= 0.6 is 23.2 Å². The highest BCUT2D eigenvalue weighted by Crippen LogP contribution is 2.23. The lowest BCUT2D eigenvalue weighted by atomic mass is 10.2. The van der Waals surface area contributed by atoms with Gasteiger partial charge >= 0.3 is 0 Å². The molecule has 0 saturated heterocycles. The molecule has 19 heavy (non-hydrogen) atoms. The fraction of sp³-hybridized carbons (Fsp3) is 0.0769. The zero-order chi connectivity index (χ0) is 14.0. The van der Waals surface area contributed by atoms with Crippen LogP contribution in [0.2, 0.25) is 10.0 Å². The van der Waals surface area contributed by atoms with Gasteiger partial charge in [0.25, 0.3) is 0 Å². The lowest BCUT2D eigenvalue weighted by Gasteiger charge is -2.06. The number of hydrogen-bond donors (Lipinski definition) is 0. The maximum absolute atomic E-state index is 12.9. The summed E-state index contributed by atoms with van der Waals surface area (Å²) >= 11 is 11.5. The van der Waals surface area contributed by atoms with Crippen molar-refractivity contribution in [2.75, 3.05) is 0 Å². The van der Waals surface area contributed by atoms with Gasteiger partial charge in [-0.1, -0.05) is 29.3 Å². The molecule has 0 aromatic heterocycles. The minimum absolute atomic E-state index is 0.0949. The van der Waals surface area contributed by atoms with Crippen LogP contribution in [0.25, 0.3) is 0 Å². The van der Waals surface area contributed by atoms with E-state index in [9.17, 15) is 12.8 Å². The van der Waals surface area contributed by atoms with E-state index < -0.39 is 15.7 Å². The van der Waals surface area contributed by atoms with Crippen LogP contribution in [0.15, 0.2) is 47.4 Å². The SMILES string of the molecule is O=S(=O)(Cc1ccc(F)cc1Cl)c1ccc(Cl)cc1. The fourth-order valence-corrected chi connectivity index (χ4v) is 3.39. The first-order valence-electron chi connectivity index (χ1n) is 5.31. The van der Waals surface area contributed by atoms with Gasteiger partial charge in [-0.3, -0.25) is 0 Å². The molecule has 0 amide bonds. The van der Waals surface area contributed by atoms with E-state index in [1.807, 2.05) is 0 Å². The van der Waals surface area contributed by atoms with Gasteiger partial charge in [0.2, 0.25) is 0 Å². The maximum Gasteiger partial charge on any atom is 0.182 e. The normalized spacial score (nSPS) is 11.5. The number of benzene rings is 2. The van der Waals surface area contributed by atoms with E-state index in [-0.39, 0.29) is 15.7 Å². The van der Waals surface area contributed by atoms with Crippen LogP contribution in [0.1, 0.15) is 5.56 Å². The van der Waals surface area contributed by atoms with Crippen LogP contribution in [0.3, 0.4) is 0 Å². The molecular formula is C13H9Cl2FO2S. The summed E-state index contributed by atoms with van der Waals surface area (Å²) in [5, 5.41) is 0.552. The molecule has 2 aromatic rings. The van der Waals surface area contributed by atoms with Crippen LogP contribution in [-0.4, -0.2) is 8.42 Å². The molecule has 0 aliphatic heterocycles. The largest absolute Gasteiger partial charge is 0.223 e. The molecule has 0 heterocycles. The number of sulfone groups is 1. The highest BCUT2D eigenvalue weighted by atomic mass is 35.5. The lowest BCUT2D eigenvalue weighted by Crippen LogP contribution is -2.05. The average molecular weight is 319 g/mol. The van der Waals surface area contributed by atoms with E-state index in [4.69, 9.17) is 23.2 Å². The first kappa shape index (κ1) is 14.3. The summed E-state index contributed by atoms with van der Waals surface area (Å²) in [4.78, 5) is 0.150. The van der Waals surface area contributed by atoms with Gasteiger partial charge in [0.05, 0.1) is 10.6 Å². The number of hydrogen-bond acceptors (Lipinski definition) is 2. The molecule has 2 aromatic carbocycles. The third kappa shape index (κ3) is 3.47. The zero-order valence-corrected chi connectivity index (χ0v) is 11.9. The van der Waals surface area contributed by atoms with Crippen molar-refractivity contribution in [2.45, 2.75) is 10.6 Å². The molecule has 0 bridgehead atoms. The summed E-state index contributed by atoms with van der Waals surface area (Å²) in [5.41, 5.74) is 0.359. The van der Waals surface area contributed by atoms with Gasteiger partial charge in [0.15, 0.2) is 9.84 Å². The minimum atomic E-state index is -3.53. The molecule has 0 radical (unpaired) electrons. The van der Waals surface area contributed by atoms with Crippen LogP contribution in [0, 0.1) is 5.82 Å². The van der Waals surface area contributed by atoms with Gasteiger partial charge in [-0.25, -0.2) is 12.8 Å². The Labute approximate surface area is 120 Å². The molecule has 6 heteroatoms. The van der Waals surface area contributed by atoms with Gasteiger partial charge in [0, 0.05) is 10.0 Å². The van der Waals surface area contributed by atoms with E-state index in [1.165, 1.54) is 36.4 Å². The highest BCUT2D eigenvalue weighted by molar-refractivity contribution is 7.90. The van der Waals surface area contributed by atoms with Gasteiger partial charge in [-0.05, 0) is 42.0 Å². The van der Waals surface area contributed by atoms with E-state index in [2.05, 4.69) is 0 Å². The maximum atomic E-state index is 12.9. The lowest BCUT2D eigenvalue weighted by molar-refractivity contribution is 0.595. The smallest absolute Gasteiger partial charge is 0.182 e. The van der Waals surface area contributed by atoms with Crippen molar-refractivity contribution in [3.05, 3.63) is 63.9 Å². The Bertz CT molecular complexity index is 697. The van der Waals surface area contributed by atoms with Gasteiger partial charge < -0.3 is 0 Å². The average Bonchev–Trinajstić information content (AvgIpc) is 2.33. The molecule has 0 aliphatic carbocycles. The predicted molar refractivity (Wildman–Crippen MR) is 73.8 cm³/mol. The molecule has 0 unspecified atom stereocenters. The van der Waals surface area contributed by atoms with Crippen molar-refractivity contribution in [1.82, 2.24) is 0 Å². The molecule has 2 rings (SSSR count). The fourth-order valence-electron chi connectivity index (χ4n) is 1.57. The van der Waals surface area contributed by atoms with Crippen molar-refractivity contribution >= 4 is 33.0 Å². The molecule has 2 nitrogen and oxygen atoms in total. The molecule has 0 aliphatic rings. The van der Waals surface area contributed by atoms with Crippen LogP contribution < -0.4 is 0 Å². The predicted octanol–water partition coefficient (Wildman–Crippen LogP) is 4.11. The van der Waals surface area contributed by atoms with Gasteiger partial charge in [-0.15, -0.1) is 0 Å². The quantitative estimate of drug-likeness (QED) is 0.853. The summed E-state index contributed by atoms with van der Waals surface area (Å²) in [6, 6.07) is 9.49. The third-order valence-corrected chi connectivity index (χ3v) is 4.82. The molecule has 0 atom stereocenters. The van der Waals surface area contributed by atoms with Gasteiger partial charge in [-0.2, -0.15) is 0 Å². The van der Waals surface area contributed by atoms with E-state index >= 15 is 0 Å². The zero-order valence-electron chi connectivity index (χ0n) is 9.61. The van der Waals surface area contributed by atoms with E-state index in [0.717, 1.165) is 6.07 Å². The first-order valence-corrected chi connectivity index (χ1v) is 7.71. The van der Waals surface area contributed by atoms with Crippen molar-refractivity contribution in [1.29, 1.82) is 0 Å². The second-order valence-corrected chi connectivity index (χ2v) is 6.78. The second kappa shape index (κ2) is 5.49. The minimum Gasteiger partial charge on any atom is -0.223 e. The molecule has 100 valence electrons. The summed E-state index contributed by atoms with van der Waals surface area (Å²) in [7, 11) is -3.53. The number of halogens is 3. The Kier molecular flexibility index (Phi) is 4.13. The van der Waals surface area contributed by atoms with E-state index in [1.54, 1.807) is 0 Å². The summed E-state index contributed by atoms with van der Waals surface area (Å²) in [5.74, 6) is -0.786. The monoisotopic (exact) mass is 318 g/mol. The first-order chi connectivity index (χ1) is 8.88. The Morgan fingerprint density at radius 2 is 1.63 bits per heavy atom. The van der Waals surface area contributed by atoms with E-state index in [0.29, 0.717) is 10.6 Å². The summed E-state index contributed by atoms with van der Waals surface area (Å²) in [6.45, 7) is 0. The standard InChI is InChI=1S/C13H9Cl2FO2S/c14-10-2-5-12(6-3-10)19(17,18)8-9-1-4-11(16)7-13(9)15/h1-7H,8H2. The number of rotatable bonds is 3.